The Morgan fingerprint density at radius 3 is 2.77 bits per heavy atom. The first kappa shape index (κ1) is 18.0. The minimum absolute atomic E-state index is 0.191. The van der Waals surface area contributed by atoms with Crippen LogP contribution in [0.3, 0.4) is 0 Å². The van der Waals surface area contributed by atoms with Crippen molar-refractivity contribution in [2.75, 3.05) is 23.7 Å². The van der Waals surface area contributed by atoms with Crippen molar-refractivity contribution in [3.8, 4) is 0 Å². The molecule has 0 unspecified atom stereocenters. The molecule has 0 aliphatic carbocycles. The zero-order chi connectivity index (χ0) is 18.4. The van der Waals surface area contributed by atoms with Gasteiger partial charge in [-0.2, -0.15) is 0 Å². The second-order valence-electron chi connectivity index (χ2n) is 6.00. The third-order valence-electron chi connectivity index (χ3n) is 4.05. The van der Waals surface area contributed by atoms with E-state index < -0.39 is 0 Å². The Labute approximate surface area is 157 Å². The summed E-state index contributed by atoms with van der Waals surface area (Å²) >= 11 is 6.01. The summed E-state index contributed by atoms with van der Waals surface area (Å²) in [5.74, 6) is 0. The number of pyridine rings is 1. The molecule has 134 valence electrons. The third kappa shape index (κ3) is 4.64. The maximum absolute atomic E-state index is 11.9. The summed E-state index contributed by atoms with van der Waals surface area (Å²) in [5, 5.41) is 10.8. The van der Waals surface area contributed by atoms with Crippen LogP contribution in [0.25, 0.3) is 10.9 Å². The standard InChI is InChI=1S/C20H21ClN4O/c1-14-5-2-3-6-17(14)25-20(26)24-11-4-10-22-18-9-12-23-19-13-15(21)7-8-16(18)19/h2-3,5-9,12-13H,4,10-11H2,1H3,(H,22,23)(H2,24,25,26). The number of aromatic nitrogens is 1. The van der Waals surface area contributed by atoms with Gasteiger partial charge in [0, 0.05) is 41.1 Å². The largest absolute Gasteiger partial charge is 0.384 e. The van der Waals surface area contributed by atoms with Crippen LogP contribution in [0, 0.1) is 6.92 Å². The van der Waals surface area contributed by atoms with Crippen LogP contribution in [0.15, 0.2) is 54.7 Å². The first-order valence-corrected chi connectivity index (χ1v) is 8.90. The molecule has 0 saturated carbocycles. The number of fused-ring (bicyclic) bond motifs is 1. The lowest BCUT2D eigenvalue weighted by molar-refractivity contribution is 0.252. The third-order valence-corrected chi connectivity index (χ3v) is 4.29. The van der Waals surface area contributed by atoms with Crippen molar-refractivity contribution in [1.82, 2.24) is 10.3 Å². The molecule has 0 atom stereocenters. The van der Waals surface area contributed by atoms with Gasteiger partial charge < -0.3 is 16.0 Å². The van der Waals surface area contributed by atoms with E-state index in [4.69, 9.17) is 11.6 Å². The Kier molecular flexibility index (Phi) is 5.92. The van der Waals surface area contributed by atoms with Crippen LogP contribution >= 0.6 is 11.6 Å². The molecular formula is C20H21ClN4O. The van der Waals surface area contributed by atoms with E-state index in [1.807, 2.05) is 55.5 Å². The van der Waals surface area contributed by atoms with Gasteiger partial charge in [0.15, 0.2) is 0 Å². The number of nitrogens with zero attached hydrogens (tertiary/aromatic N) is 1. The topological polar surface area (TPSA) is 66.1 Å². The normalized spacial score (nSPS) is 10.5. The quantitative estimate of drug-likeness (QED) is 0.546. The molecule has 0 spiro atoms. The number of halogens is 1. The molecule has 0 aliphatic heterocycles. The fourth-order valence-corrected chi connectivity index (χ4v) is 2.83. The minimum atomic E-state index is -0.191. The predicted molar refractivity (Wildman–Crippen MR) is 108 cm³/mol. The highest BCUT2D eigenvalue weighted by molar-refractivity contribution is 6.31. The molecule has 3 aromatic rings. The summed E-state index contributed by atoms with van der Waals surface area (Å²) in [6, 6.07) is 15.1. The van der Waals surface area contributed by atoms with E-state index in [0.717, 1.165) is 40.8 Å². The Hall–Kier alpha value is -2.79. The van der Waals surface area contributed by atoms with Crippen molar-refractivity contribution in [2.24, 2.45) is 0 Å². The number of carbonyl (C=O) groups is 1. The Bertz CT molecular complexity index is 913. The minimum Gasteiger partial charge on any atom is -0.384 e. The van der Waals surface area contributed by atoms with Crippen molar-refractivity contribution in [1.29, 1.82) is 0 Å². The lowest BCUT2D eigenvalue weighted by Gasteiger charge is -2.11. The van der Waals surface area contributed by atoms with E-state index in [9.17, 15) is 4.79 Å². The summed E-state index contributed by atoms with van der Waals surface area (Å²) in [4.78, 5) is 16.3. The molecule has 2 amide bonds. The zero-order valence-electron chi connectivity index (χ0n) is 14.6. The van der Waals surface area contributed by atoms with Gasteiger partial charge in [-0.05, 0) is 49.2 Å². The molecule has 1 heterocycles. The van der Waals surface area contributed by atoms with Crippen LogP contribution in [0.5, 0.6) is 0 Å². The molecule has 26 heavy (non-hydrogen) atoms. The molecular weight excluding hydrogens is 348 g/mol. The van der Waals surface area contributed by atoms with Crippen molar-refractivity contribution in [3.63, 3.8) is 0 Å². The molecule has 2 aromatic carbocycles. The molecule has 0 fully saturated rings. The highest BCUT2D eigenvalue weighted by atomic mass is 35.5. The van der Waals surface area contributed by atoms with Gasteiger partial charge in [0.2, 0.25) is 0 Å². The molecule has 6 heteroatoms. The van der Waals surface area contributed by atoms with Gasteiger partial charge in [0.25, 0.3) is 0 Å². The summed E-state index contributed by atoms with van der Waals surface area (Å²) in [7, 11) is 0. The lowest BCUT2D eigenvalue weighted by atomic mass is 10.2. The number of rotatable bonds is 6. The molecule has 0 aliphatic rings. The van der Waals surface area contributed by atoms with Gasteiger partial charge in [-0.3, -0.25) is 4.98 Å². The number of urea groups is 1. The van der Waals surface area contributed by atoms with Crippen molar-refractivity contribution in [3.05, 3.63) is 65.3 Å². The SMILES string of the molecule is Cc1ccccc1NC(=O)NCCCNc1ccnc2cc(Cl)ccc12. The number of hydrogen-bond acceptors (Lipinski definition) is 3. The molecule has 0 bridgehead atoms. The summed E-state index contributed by atoms with van der Waals surface area (Å²) in [5.41, 5.74) is 3.73. The lowest BCUT2D eigenvalue weighted by Crippen LogP contribution is -2.30. The second-order valence-corrected chi connectivity index (χ2v) is 6.43. The molecule has 0 saturated heterocycles. The predicted octanol–water partition coefficient (Wildman–Crippen LogP) is 4.82. The van der Waals surface area contributed by atoms with Crippen molar-refractivity contribution >= 4 is 39.9 Å². The van der Waals surface area contributed by atoms with E-state index >= 15 is 0 Å². The maximum Gasteiger partial charge on any atom is 0.319 e. The average Bonchev–Trinajstić information content (AvgIpc) is 2.63. The van der Waals surface area contributed by atoms with Crippen LogP contribution in [-0.4, -0.2) is 24.1 Å². The van der Waals surface area contributed by atoms with E-state index in [2.05, 4.69) is 20.9 Å². The Balaban J connectivity index is 1.45. The number of para-hydroxylation sites is 1. The van der Waals surface area contributed by atoms with Crippen LogP contribution < -0.4 is 16.0 Å². The summed E-state index contributed by atoms with van der Waals surface area (Å²) in [6.07, 6.45) is 2.56. The molecule has 3 rings (SSSR count). The number of anilines is 2. The fraction of sp³-hybridized carbons (Fsp3) is 0.200. The van der Waals surface area contributed by atoms with E-state index in [1.54, 1.807) is 6.20 Å². The number of nitrogens with one attached hydrogen (secondary N) is 3. The number of aryl methyl sites for hydroxylation is 1. The Morgan fingerprint density at radius 1 is 1.08 bits per heavy atom. The maximum atomic E-state index is 11.9. The van der Waals surface area contributed by atoms with Gasteiger partial charge in [-0.1, -0.05) is 29.8 Å². The number of carbonyl (C=O) groups excluding carboxylic acids is 1. The van der Waals surface area contributed by atoms with Crippen LogP contribution in [-0.2, 0) is 0 Å². The molecule has 0 radical (unpaired) electrons. The fourth-order valence-electron chi connectivity index (χ4n) is 2.67. The summed E-state index contributed by atoms with van der Waals surface area (Å²) < 4.78 is 0. The molecule has 1 aromatic heterocycles. The van der Waals surface area contributed by atoms with E-state index in [-0.39, 0.29) is 6.03 Å². The monoisotopic (exact) mass is 368 g/mol. The van der Waals surface area contributed by atoms with Gasteiger partial charge >= 0.3 is 6.03 Å². The summed E-state index contributed by atoms with van der Waals surface area (Å²) in [6.45, 7) is 3.29. The molecule has 5 nitrogen and oxygen atoms in total. The van der Waals surface area contributed by atoms with E-state index in [0.29, 0.717) is 11.6 Å². The Morgan fingerprint density at radius 2 is 1.92 bits per heavy atom. The van der Waals surface area contributed by atoms with Gasteiger partial charge in [0.05, 0.1) is 5.52 Å². The zero-order valence-corrected chi connectivity index (χ0v) is 15.3. The second kappa shape index (κ2) is 8.54. The molecule has 3 N–H and O–H groups in total. The van der Waals surface area contributed by atoms with Crippen LogP contribution in [0.4, 0.5) is 16.2 Å². The highest BCUT2D eigenvalue weighted by Gasteiger charge is 2.04. The van der Waals surface area contributed by atoms with Crippen LogP contribution in [0.2, 0.25) is 5.02 Å². The smallest absolute Gasteiger partial charge is 0.319 e. The number of hydrogen-bond donors (Lipinski definition) is 3. The number of amides is 2. The van der Waals surface area contributed by atoms with Gasteiger partial charge in [0.1, 0.15) is 0 Å². The van der Waals surface area contributed by atoms with Crippen molar-refractivity contribution < 1.29 is 4.79 Å². The van der Waals surface area contributed by atoms with Crippen molar-refractivity contribution in [2.45, 2.75) is 13.3 Å². The van der Waals surface area contributed by atoms with Crippen LogP contribution in [0.1, 0.15) is 12.0 Å². The average molecular weight is 369 g/mol. The van der Waals surface area contributed by atoms with Gasteiger partial charge in [-0.15, -0.1) is 0 Å². The first-order chi connectivity index (χ1) is 12.6. The highest BCUT2D eigenvalue weighted by Crippen LogP contribution is 2.24. The van der Waals surface area contributed by atoms with E-state index in [1.165, 1.54) is 0 Å². The first-order valence-electron chi connectivity index (χ1n) is 8.52. The van der Waals surface area contributed by atoms with Gasteiger partial charge in [-0.25, -0.2) is 4.79 Å². The number of benzene rings is 2.